The second-order valence-corrected chi connectivity index (χ2v) is 17.9. The molecule has 328 valence electrons. The van der Waals surface area contributed by atoms with Gasteiger partial charge >= 0.3 is 12.2 Å². The molecule has 0 unspecified atom stereocenters. The Balaban J connectivity index is 1.33. The van der Waals surface area contributed by atoms with Gasteiger partial charge in [0.05, 0.1) is 25.1 Å². The molecule has 1 fully saturated rings. The number of amides is 5. The predicted octanol–water partition coefficient (Wildman–Crippen LogP) is 7.96. The number of rotatable bonds is 17. The summed E-state index contributed by atoms with van der Waals surface area (Å²) < 4.78 is 10.8. The number of nitrogens with one attached hydrogen (secondary N) is 3. The number of hydrogen-bond donors (Lipinski definition) is 3. The number of hydrogen-bond acceptors (Lipinski definition) is 7. The smallest absolute Gasteiger partial charge is 0.410 e. The second kappa shape index (κ2) is 21.2. The van der Waals surface area contributed by atoms with Gasteiger partial charge in [-0.25, -0.2) is 9.59 Å². The Morgan fingerprint density at radius 2 is 1.46 bits per heavy atom. The van der Waals surface area contributed by atoms with Gasteiger partial charge in [0.15, 0.2) is 0 Å². The van der Waals surface area contributed by atoms with Crippen LogP contribution in [0.2, 0.25) is 0 Å². The van der Waals surface area contributed by atoms with Crippen LogP contribution in [0.15, 0.2) is 91.0 Å². The zero-order valence-electron chi connectivity index (χ0n) is 37.1. The molecule has 12 nitrogen and oxygen atoms in total. The third kappa shape index (κ3) is 12.7. The lowest BCUT2D eigenvalue weighted by Crippen LogP contribution is -2.54. The molecule has 3 N–H and O–H groups in total. The van der Waals surface area contributed by atoms with Crippen molar-refractivity contribution in [3.63, 3.8) is 0 Å². The summed E-state index contributed by atoms with van der Waals surface area (Å²) in [5, 5.41) is 8.92. The minimum atomic E-state index is -0.911. The standard InChI is InChI=1S/C49H65N5O7/c1-32(2)30-36(51-47(58)61-49(5,6)7)27-26-35(31-34-18-10-9-11-19-34)46(57)53-28-17-25-42(53)45(56)52-41(44(55)50-33(3)4)24-16-29-54(48(59)60-8)43-39-22-14-12-20-37(39)38-21-13-15-23-40(38)43/h9-15,18-23,26-27,32-33,35-36,41-43H,16-17,24-25,28-31H2,1-8H3,(H,50,55)(H,51,58)(H,52,56)/b27-26+/t35-,36-,41+,42+/m1/s1. The molecule has 1 aliphatic carbocycles. The van der Waals surface area contributed by atoms with Gasteiger partial charge in [0.2, 0.25) is 17.7 Å². The first-order valence-electron chi connectivity index (χ1n) is 21.7. The van der Waals surface area contributed by atoms with Crippen LogP contribution in [-0.4, -0.2) is 89.7 Å². The fraction of sp³-hybridized carbons (Fsp3) is 0.490. The van der Waals surface area contributed by atoms with Gasteiger partial charge in [-0.3, -0.25) is 19.3 Å². The molecule has 0 bridgehead atoms. The molecular formula is C49H65N5O7. The third-order valence-electron chi connectivity index (χ3n) is 10.9. The highest BCUT2D eigenvalue weighted by Crippen LogP contribution is 2.46. The number of carbonyl (C=O) groups excluding carboxylic acids is 5. The van der Waals surface area contributed by atoms with E-state index in [2.05, 4.69) is 41.9 Å². The number of methoxy groups -OCH3 is 1. The first-order valence-corrected chi connectivity index (χ1v) is 21.7. The molecule has 1 heterocycles. The number of likely N-dealkylation sites (tertiary alicyclic amines) is 1. The first-order chi connectivity index (χ1) is 29.1. The molecule has 12 heteroatoms. The van der Waals surface area contributed by atoms with Crippen molar-refractivity contribution >= 4 is 29.9 Å². The SMILES string of the molecule is COC(=O)N(CCC[C@H](NC(=O)[C@@H]1CCCN1C(=O)[C@H](/C=C/[C@H](CC(C)C)NC(=O)OC(C)(C)C)Cc1ccccc1)C(=O)NC(C)C)C1c2ccccc2-c2ccccc21. The van der Waals surface area contributed by atoms with Crippen molar-refractivity contribution in [2.75, 3.05) is 20.2 Å². The summed E-state index contributed by atoms with van der Waals surface area (Å²) >= 11 is 0. The molecule has 2 aliphatic rings. The fourth-order valence-corrected chi connectivity index (χ4v) is 8.34. The first kappa shape index (κ1) is 46.4. The fourth-order valence-electron chi connectivity index (χ4n) is 8.34. The normalized spacial score (nSPS) is 16.4. The van der Waals surface area contributed by atoms with Crippen LogP contribution in [0.3, 0.4) is 0 Å². The van der Waals surface area contributed by atoms with E-state index in [4.69, 9.17) is 9.47 Å². The lowest BCUT2D eigenvalue weighted by Gasteiger charge is -2.31. The number of fused-ring (bicyclic) bond motifs is 3. The molecule has 5 rings (SSSR count). The highest BCUT2D eigenvalue weighted by atomic mass is 16.6. The van der Waals surface area contributed by atoms with Crippen LogP contribution in [0.25, 0.3) is 11.1 Å². The summed E-state index contributed by atoms with van der Waals surface area (Å²) in [5.41, 5.74) is 4.41. The van der Waals surface area contributed by atoms with Crippen molar-refractivity contribution in [3.8, 4) is 11.1 Å². The van der Waals surface area contributed by atoms with Crippen molar-refractivity contribution in [1.29, 1.82) is 0 Å². The molecule has 0 aromatic heterocycles. The summed E-state index contributed by atoms with van der Waals surface area (Å²) in [4.78, 5) is 72.1. The monoisotopic (exact) mass is 835 g/mol. The Labute approximate surface area is 361 Å². The number of alkyl carbamates (subject to hydrolysis) is 1. The molecule has 1 saturated heterocycles. The van der Waals surface area contributed by atoms with E-state index >= 15 is 0 Å². The zero-order valence-corrected chi connectivity index (χ0v) is 37.1. The highest BCUT2D eigenvalue weighted by Gasteiger charge is 2.39. The zero-order chi connectivity index (χ0) is 44.3. The number of carbonyl (C=O) groups is 5. The van der Waals surface area contributed by atoms with Crippen LogP contribution in [0.4, 0.5) is 9.59 Å². The summed E-state index contributed by atoms with van der Waals surface area (Å²) in [7, 11) is 1.36. The van der Waals surface area contributed by atoms with E-state index in [1.165, 1.54) is 7.11 Å². The Hall–Kier alpha value is -5.65. The highest BCUT2D eigenvalue weighted by molar-refractivity contribution is 5.93. The van der Waals surface area contributed by atoms with E-state index in [9.17, 15) is 24.0 Å². The largest absolute Gasteiger partial charge is 0.453 e. The van der Waals surface area contributed by atoms with Gasteiger partial charge in [0, 0.05) is 19.1 Å². The summed E-state index contributed by atoms with van der Waals surface area (Å²) in [6.07, 6.45) is 5.44. The second-order valence-electron chi connectivity index (χ2n) is 17.9. The Bertz CT molecular complexity index is 1960. The molecule has 4 atom stereocenters. The average Bonchev–Trinajstić information content (AvgIpc) is 3.83. The summed E-state index contributed by atoms with van der Waals surface area (Å²) in [6, 6.07) is 23.1. The van der Waals surface area contributed by atoms with Gasteiger partial charge in [0.25, 0.3) is 0 Å². The Kier molecular flexibility index (Phi) is 16.2. The minimum Gasteiger partial charge on any atom is -0.453 e. The minimum absolute atomic E-state index is 0.176. The molecule has 0 spiro atoms. The van der Waals surface area contributed by atoms with Gasteiger partial charge in [-0.15, -0.1) is 0 Å². The molecule has 61 heavy (non-hydrogen) atoms. The van der Waals surface area contributed by atoms with E-state index in [-0.39, 0.29) is 48.8 Å². The van der Waals surface area contributed by atoms with E-state index in [1.807, 2.05) is 114 Å². The molecule has 5 amide bonds. The van der Waals surface area contributed by atoms with Crippen LogP contribution in [0.5, 0.6) is 0 Å². The third-order valence-corrected chi connectivity index (χ3v) is 10.9. The lowest BCUT2D eigenvalue weighted by molar-refractivity contribution is -0.141. The number of ether oxygens (including phenoxy) is 2. The van der Waals surface area contributed by atoms with Gasteiger partial charge in [-0.1, -0.05) is 105 Å². The van der Waals surface area contributed by atoms with Crippen molar-refractivity contribution in [1.82, 2.24) is 25.8 Å². The van der Waals surface area contributed by atoms with Crippen molar-refractivity contribution in [3.05, 3.63) is 108 Å². The molecule has 1 aliphatic heterocycles. The molecule has 0 saturated carbocycles. The van der Waals surface area contributed by atoms with Gasteiger partial charge in [-0.05, 0) is 107 Å². The number of nitrogens with zero attached hydrogens (tertiary/aromatic N) is 2. The molecule has 3 aromatic rings. The van der Waals surface area contributed by atoms with Crippen molar-refractivity contribution in [2.45, 2.75) is 123 Å². The molecule has 0 radical (unpaired) electrons. The predicted molar refractivity (Wildman–Crippen MR) is 237 cm³/mol. The average molecular weight is 836 g/mol. The van der Waals surface area contributed by atoms with E-state index in [0.29, 0.717) is 38.6 Å². The van der Waals surface area contributed by atoms with Crippen LogP contribution >= 0.6 is 0 Å². The van der Waals surface area contributed by atoms with E-state index in [1.54, 1.807) is 9.80 Å². The lowest BCUT2D eigenvalue weighted by atomic mass is 9.94. The summed E-state index contributed by atoms with van der Waals surface area (Å²) in [5.74, 6) is -1.31. The maximum absolute atomic E-state index is 14.6. The maximum atomic E-state index is 14.6. The van der Waals surface area contributed by atoms with E-state index in [0.717, 1.165) is 27.8 Å². The van der Waals surface area contributed by atoms with E-state index < -0.39 is 41.7 Å². The van der Waals surface area contributed by atoms with Crippen LogP contribution in [-0.2, 0) is 30.3 Å². The Morgan fingerprint density at radius 1 is 0.836 bits per heavy atom. The van der Waals surface area contributed by atoms with Crippen LogP contribution in [0, 0.1) is 11.8 Å². The van der Waals surface area contributed by atoms with Crippen molar-refractivity contribution < 1.29 is 33.4 Å². The van der Waals surface area contributed by atoms with Gasteiger partial charge < -0.3 is 30.3 Å². The topological polar surface area (TPSA) is 146 Å². The van der Waals surface area contributed by atoms with Gasteiger partial charge in [0.1, 0.15) is 17.7 Å². The molecule has 3 aromatic carbocycles. The van der Waals surface area contributed by atoms with Gasteiger partial charge in [-0.2, -0.15) is 0 Å². The maximum Gasteiger partial charge on any atom is 0.410 e. The summed E-state index contributed by atoms with van der Waals surface area (Å²) in [6.45, 7) is 13.9. The number of benzene rings is 3. The molecular weight excluding hydrogens is 771 g/mol. The van der Waals surface area contributed by atoms with Crippen LogP contribution < -0.4 is 16.0 Å². The van der Waals surface area contributed by atoms with Crippen molar-refractivity contribution in [2.24, 2.45) is 11.8 Å². The Morgan fingerprint density at radius 3 is 2.05 bits per heavy atom. The quantitative estimate of drug-likeness (QED) is 0.117. The van der Waals surface area contributed by atoms with Crippen LogP contribution in [0.1, 0.15) is 103 Å².